The van der Waals surface area contributed by atoms with Crippen molar-refractivity contribution in [3.05, 3.63) is 65.4 Å². The van der Waals surface area contributed by atoms with Crippen LogP contribution in [0.5, 0.6) is 0 Å². The zero-order valence-electron chi connectivity index (χ0n) is 15.8. The zero-order chi connectivity index (χ0) is 20.3. The number of nitrogens with zero attached hydrogens (tertiary/aromatic N) is 1. The third-order valence-corrected chi connectivity index (χ3v) is 4.45. The summed E-state index contributed by atoms with van der Waals surface area (Å²) < 4.78 is 11.4. The molecule has 1 amide bonds. The van der Waals surface area contributed by atoms with Crippen LogP contribution >= 0.6 is 0 Å². The SMILES string of the molecule is COC(=O)c1ccc(C(=O)OC)c(NC(=O)Cc2cn(C)c3ccccc23)c1. The van der Waals surface area contributed by atoms with Crippen LogP contribution in [0.3, 0.4) is 0 Å². The number of hydrogen-bond acceptors (Lipinski definition) is 5. The quantitative estimate of drug-likeness (QED) is 0.688. The number of carbonyl (C=O) groups excluding carboxylic acids is 3. The van der Waals surface area contributed by atoms with E-state index in [0.29, 0.717) is 0 Å². The van der Waals surface area contributed by atoms with Crippen LogP contribution in [0, 0.1) is 0 Å². The number of methoxy groups -OCH3 is 2. The summed E-state index contributed by atoms with van der Waals surface area (Å²) in [5, 5.41) is 3.69. The number of ether oxygens (including phenoxy) is 2. The van der Waals surface area contributed by atoms with Gasteiger partial charge in [-0.25, -0.2) is 9.59 Å². The lowest BCUT2D eigenvalue weighted by atomic mass is 10.1. The van der Waals surface area contributed by atoms with Gasteiger partial charge in [0, 0.05) is 24.1 Å². The first kappa shape index (κ1) is 19.2. The molecule has 3 rings (SSSR count). The predicted molar refractivity (Wildman–Crippen MR) is 104 cm³/mol. The van der Waals surface area contributed by atoms with Crippen molar-refractivity contribution >= 4 is 34.4 Å². The van der Waals surface area contributed by atoms with E-state index in [1.165, 1.54) is 32.4 Å². The molecule has 0 aliphatic carbocycles. The number of esters is 2. The molecule has 0 saturated carbocycles. The fourth-order valence-electron chi connectivity index (χ4n) is 3.11. The number of benzene rings is 2. The van der Waals surface area contributed by atoms with Gasteiger partial charge in [0.05, 0.1) is 37.5 Å². The Morgan fingerprint density at radius 3 is 2.43 bits per heavy atom. The third-order valence-electron chi connectivity index (χ3n) is 4.45. The van der Waals surface area contributed by atoms with Gasteiger partial charge in [-0.1, -0.05) is 18.2 Å². The number of aromatic nitrogens is 1. The van der Waals surface area contributed by atoms with Crippen molar-refractivity contribution < 1.29 is 23.9 Å². The van der Waals surface area contributed by atoms with Crippen molar-refractivity contribution in [3.8, 4) is 0 Å². The number of nitrogens with one attached hydrogen (secondary N) is 1. The number of fused-ring (bicyclic) bond motifs is 1. The molecule has 0 bridgehead atoms. The number of amides is 1. The fraction of sp³-hybridized carbons (Fsp3) is 0.190. The average Bonchev–Trinajstić information content (AvgIpc) is 3.02. The van der Waals surface area contributed by atoms with E-state index in [2.05, 4.69) is 5.32 Å². The molecule has 2 aromatic carbocycles. The van der Waals surface area contributed by atoms with Crippen LogP contribution in [0.4, 0.5) is 5.69 Å². The number of carbonyl (C=O) groups is 3. The molecule has 1 aromatic heterocycles. The third kappa shape index (κ3) is 3.73. The topological polar surface area (TPSA) is 86.6 Å². The molecular formula is C21H20N2O5. The van der Waals surface area contributed by atoms with Gasteiger partial charge in [0.1, 0.15) is 0 Å². The maximum absolute atomic E-state index is 12.7. The lowest BCUT2D eigenvalue weighted by Crippen LogP contribution is -2.18. The van der Waals surface area contributed by atoms with Gasteiger partial charge in [-0.05, 0) is 29.8 Å². The smallest absolute Gasteiger partial charge is 0.339 e. The van der Waals surface area contributed by atoms with Crippen molar-refractivity contribution in [3.63, 3.8) is 0 Å². The van der Waals surface area contributed by atoms with Crippen LogP contribution in [0.1, 0.15) is 26.3 Å². The summed E-state index contributed by atoms with van der Waals surface area (Å²) in [6.07, 6.45) is 2.01. The Hall–Kier alpha value is -3.61. The molecule has 7 nitrogen and oxygen atoms in total. The molecule has 28 heavy (non-hydrogen) atoms. The minimum Gasteiger partial charge on any atom is -0.465 e. The first-order valence-corrected chi connectivity index (χ1v) is 8.58. The van der Waals surface area contributed by atoms with Crippen molar-refractivity contribution in [2.75, 3.05) is 19.5 Å². The number of aryl methyl sites for hydroxylation is 1. The molecule has 1 N–H and O–H groups in total. The highest BCUT2D eigenvalue weighted by Crippen LogP contribution is 2.23. The molecule has 0 fully saturated rings. The van der Waals surface area contributed by atoms with Gasteiger partial charge in [0.2, 0.25) is 5.91 Å². The molecule has 7 heteroatoms. The van der Waals surface area contributed by atoms with Crippen molar-refractivity contribution in [1.29, 1.82) is 0 Å². The van der Waals surface area contributed by atoms with Gasteiger partial charge in [-0.3, -0.25) is 4.79 Å². The Kier molecular flexibility index (Phi) is 5.44. The number of para-hydroxylation sites is 1. The molecule has 0 aliphatic rings. The second-order valence-corrected chi connectivity index (χ2v) is 6.25. The molecule has 0 atom stereocenters. The average molecular weight is 380 g/mol. The molecule has 0 aliphatic heterocycles. The summed E-state index contributed by atoms with van der Waals surface area (Å²) in [5.74, 6) is -1.50. The normalized spacial score (nSPS) is 10.5. The second-order valence-electron chi connectivity index (χ2n) is 6.25. The molecule has 144 valence electrons. The highest BCUT2D eigenvalue weighted by Gasteiger charge is 2.18. The van der Waals surface area contributed by atoms with Crippen LogP contribution in [0.2, 0.25) is 0 Å². The van der Waals surface area contributed by atoms with Gasteiger partial charge >= 0.3 is 11.9 Å². The van der Waals surface area contributed by atoms with Crippen molar-refractivity contribution in [2.24, 2.45) is 7.05 Å². The summed E-state index contributed by atoms with van der Waals surface area (Å²) in [5.41, 5.74) is 2.45. The standard InChI is InChI=1S/C21H20N2O5/c1-23-12-14(15-6-4-5-7-18(15)23)11-19(24)22-17-10-13(20(25)27-2)8-9-16(17)21(26)28-3/h4-10,12H,11H2,1-3H3,(H,22,24). The monoisotopic (exact) mass is 380 g/mol. The Morgan fingerprint density at radius 2 is 1.71 bits per heavy atom. The second kappa shape index (κ2) is 7.96. The summed E-state index contributed by atoms with van der Waals surface area (Å²) in [7, 11) is 4.42. The maximum atomic E-state index is 12.7. The Bertz CT molecular complexity index is 1070. The van der Waals surface area contributed by atoms with E-state index in [0.717, 1.165) is 16.5 Å². The molecule has 1 heterocycles. The van der Waals surface area contributed by atoms with Gasteiger partial charge < -0.3 is 19.4 Å². The van der Waals surface area contributed by atoms with E-state index in [1.807, 2.05) is 42.1 Å². The molecule has 0 spiro atoms. The van der Waals surface area contributed by atoms with Crippen LogP contribution in [-0.4, -0.2) is 36.6 Å². The van der Waals surface area contributed by atoms with Gasteiger partial charge in [-0.15, -0.1) is 0 Å². The highest BCUT2D eigenvalue weighted by molar-refractivity contribution is 6.04. The summed E-state index contributed by atoms with van der Waals surface area (Å²) >= 11 is 0. The molecule has 0 radical (unpaired) electrons. The predicted octanol–water partition coefficient (Wildman–Crippen LogP) is 2.93. The molecule has 0 unspecified atom stereocenters. The van der Waals surface area contributed by atoms with Crippen molar-refractivity contribution in [1.82, 2.24) is 4.57 Å². The van der Waals surface area contributed by atoms with Crippen molar-refractivity contribution in [2.45, 2.75) is 6.42 Å². The fourth-order valence-corrected chi connectivity index (χ4v) is 3.11. The van der Waals surface area contributed by atoms with Crippen LogP contribution in [0.15, 0.2) is 48.7 Å². The Labute approximate surface area is 161 Å². The molecular weight excluding hydrogens is 360 g/mol. The van der Waals surface area contributed by atoms with Gasteiger partial charge in [0.15, 0.2) is 0 Å². The minimum atomic E-state index is -0.614. The van der Waals surface area contributed by atoms with E-state index in [1.54, 1.807) is 0 Å². The van der Waals surface area contributed by atoms with E-state index >= 15 is 0 Å². The zero-order valence-corrected chi connectivity index (χ0v) is 15.8. The molecule has 0 saturated heterocycles. The van der Waals surface area contributed by atoms with E-state index < -0.39 is 11.9 Å². The Balaban J connectivity index is 1.89. The number of hydrogen-bond donors (Lipinski definition) is 1. The number of rotatable bonds is 5. The summed E-state index contributed by atoms with van der Waals surface area (Å²) in [4.78, 5) is 36.5. The van der Waals surface area contributed by atoms with Crippen LogP contribution in [-0.2, 0) is 27.7 Å². The summed E-state index contributed by atoms with van der Waals surface area (Å²) in [6.45, 7) is 0. The van der Waals surface area contributed by atoms with E-state index in [4.69, 9.17) is 9.47 Å². The Morgan fingerprint density at radius 1 is 1.00 bits per heavy atom. The van der Waals surface area contributed by atoms with Crippen LogP contribution < -0.4 is 5.32 Å². The first-order chi connectivity index (χ1) is 13.4. The largest absolute Gasteiger partial charge is 0.465 e. The van der Waals surface area contributed by atoms with E-state index in [-0.39, 0.29) is 29.1 Å². The van der Waals surface area contributed by atoms with Crippen LogP contribution in [0.25, 0.3) is 10.9 Å². The molecule has 3 aromatic rings. The van der Waals surface area contributed by atoms with Gasteiger partial charge in [0.25, 0.3) is 0 Å². The minimum absolute atomic E-state index is 0.115. The highest BCUT2D eigenvalue weighted by atomic mass is 16.5. The maximum Gasteiger partial charge on any atom is 0.339 e. The summed E-state index contributed by atoms with van der Waals surface area (Å²) in [6, 6.07) is 12.1. The lowest BCUT2D eigenvalue weighted by Gasteiger charge is -2.11. The number of anilines is 1. The van der Waals surface area contributed by atoms with Gasteiger partial charge in [-0.2, -0.15) is 0 Å². The van der Waals surface area contributed by atoms with E-state index in [9.17, 15) is 14.4 Å². The first-order valence-electron chi connectivity index (χ1n) is 8.58. The lowest BCUT2D eigenvalue weighted by molar-refractivity contribution is -0.115.